The van der Waals surface area contributed by atoms with Crippen LogP contribution in [0.4, 0.5) is 11.4 Å². The van der Waals surface area contributed by atoms with Crippen LogP contribution in [0.25, 0.3) is 0 Å². The van der Waals surface area contributed by atoms with Crippen LogP contribution >= 0.6 is 11.6 Å². The average Bonchev–Trinajstić information content (AvgIpc) is 2.74. The molecule has 7 nitrogen and oxygen atoms in total. The Morgan fingerprint density at radius 3 is 2.26 bits per heavy atom. The molecule has 160 valence electrons. The molecule has 1 amide bonds. The van der Waals surface area contributed by atoms with Crippen LogP contribution in [0, 0.1) is 6.92 Å². The van der Waals surface area contributed by atoms with Crippen LogP contribution < -0.4 is 10.0 Å². The van der Waals surface area contributed by atoms with Crippen molar-refractivity contribution in [2.24, 2.45) is 0 Å². The van der Waals surface area contributed by atoms with E-state index in [4.69, 9.17) is 16.3 Å². The van der Waals surface area contributed by atoms with Crippen LogP contribution in [-0.2, 0) is 19.6 Å². The van der Waals surface area contributed by atoms with E-state index in [1.165, 1.54) is 36.4 Å². The van der Waals surface area contributed by atoms with Gasteiger partial charge in [0.1, 0.15) is 0 Å². The molecule has 2 N–H and O–H groups in total. The second-order valence-electron chi connectivity index (χ2n) is 6.60. The van der Waals surface area contributed by atoms with Gasteiger partial charge >= 0.3 is 5.97 Å². The summed E-state index contributed by atoms with van der Waals surface area (Å²) in [5.41, 5.74) is 1.62. The largest absolute Gasteiger partial charge is 0.452 e. The summed E-state index contributed by atoms with van der Waals surface area (Å²) in [5.74, 6) is -1.36. The van der Waals surface area contributed by atoms with E-state index in [1.807, 2.05) is 19.1 Å². The first-order valence-electron chi connectivity index (χ1n) is 9.16. The third-order valence-corrected chi connectivity index (χ3v) is 5.82. The highest BCUT2D eigenvalue weighted by molar-refractivity contribution is 7.92. The number of rotatable bonds is 7. The second-order valence-corrected chi connectivity index (χ2v) is 8.71. The number of hydrogen-bond acceptors (Lipinski definition) is 5. The standard InChI is InChI=1S/C22H19ClN2O5S/c1-15-6-10-17(11-7-15)24-21(26)14-30-22(27)19-4-2-3-5-20(19)25-31(28,29)18-12-8-16(23)9-13-18/h2-13,25H,14H2,1H3,(H,24,26). The van der Waals surface area contributed by atoms with Gasteiger partial charge in [-0.1, -0.05) is 41.4 Å². The quantitative estimate of drug-likeness (QED) is 0.515. The summed E-state index contributed by atoms with van der Waals surface area (Å²) >= 11 is 5.80. The van der Waals surface area contributed by atoms with Gasteiger partial charge < -0.3 is 10.1 Å². The van der Waals surface area contributed by atoms with Crippen LogP contribution in [0.5, 0.6) is 0 Å². The van der Waals surface area contributed by atoms with Gasteiger partial charge in [-0.05, 0) is 55.5 Å². The van der Waals surface area contributed by atoms with E-state index >= 15 is 0 Å². The molecule has 0 aliphatic heterocycles. The molecule has 0 fully saturated rings. The molecule has 0 aliphatic carbocycles. The number of sulfonamides is 1. The normalized spacial score (nSPS) is 10.9. The number of carbonyl (C=O) groups excluding carboxylic acids is 2. The number of halogens is 1. The van der Waals surface area contributed by atoms with Crippen molar-refractivity contribution in [3.63, 3.8) is 0 Å². The topological polar surface area (TPSA) is 102 Å². The molecular weight excluding hydrogens is 440 g/mol. The Hall–Kier alpha value is -3.36. The zero-order valence-corrected chi connectivity index (χ0v) is 18.0. The molecule has 3 aromatic carbocycles. The van der Waals surface area contributed by atoms with Crippen molar-refractivity contribution in [3.8, 4) is 0 Å². The SMILES string of the molecule is Cc1ccc(NC(=O)COC(=O)c2ccccc2NS(=O)(=O)c2ccc(Cl)cc2)cc1. The Morgan fingerprint density at radius 2 is 1.58 bits per heavy atom. The summed E-state index contributed by atoms with van der Waals surface area (Å²) in [6.45, 7) is 1.40. The lowest BCUT2D eigenvalue weighted by Crippen LogP contribution is -2.22. The van der Waals surface area contributed by atoms with Crippen molar-refractivity contribution in [1.82, 2.24) is 0 Å². The smallest absolute Gasteiger partial charge is 0.340 e. The van der Waals surface area contributed by atoms with E-state index in [0.717, 1.165) is 5.56 Å². The maximum atomic E-state index is 12.6. The number of hydrogen-bond donors (Lipinski definition) is 2. The van der Waals surface area contributed by atoms with E-state index in [-0.39, 0.29) is 16.1 Å². The fourth-order valence-corrected chi connectivity index (χ4v) is 3.82. The maximum Gasteiger partial charge on any atom is 0.340 e. The number of nitrogens with one attached hydrogen (secondary N) is 2. The van der Waals surface area contributed by atoms with Crippen LogP contribution in [-0.4, -0.2) is 26.9 Å². The summed E-state index contributed by atoms with van der Waals surface area (Å²) < 4.78 is 32.6. The monoisotopic (exact) mass is 458 g/mol. The third-order valence-electron chi connectivity index (χ3n) is 4.18. The van der Waals surface area contributed by atoms with Crippen LogP contribution in [0.3, 0.4) is 0 Å². The number of aryl methyl sites for hydroxylation is 1. The first-order chi connectivity index (χ1) is 14.7. The minimum Gasteiger partial charge on any atom is -0.452 e. The molecule has 3 aromatic rings. The zero-order valence-electron chi connectivity index (χ0n) is 16.5. The van der Waals surface area contributed by atoms with E-state index in [0.29, 0.717) is 10.7 Å². The fraction of sp³-hybridized carbons (Fsp3) is 0.0909. The van der Waals surface area contributed by atoms with Gasteiger partial charge in [0.2, 0.25) is 0 Å². The van der Waals surface area contributed by atoms with Gasteiger partial charge in [-0.2, -0.15) is 0 Å². The predicted octanol–water partition coefficient (Wildman–Crippen LogP) is 4.24. The van der Waals surface area contributed by atoms with Crippen molar-refractivity contribution >= 4 is 44.9 Å². The molecule has 0 saturated carbocycles. The van der Waals surface area contributed by atoms with Crippen molar-refractivity contribution < 1.29 is 22.7 Å². The number of amides is 1. The van der Waals surface area contributed by atoms with Gasteiger partial charge in [0, 0.05) is 10.7 Å². The lowest BCUT2D eigenvalue weighted by atomic mass is 10.2. The molecule has 0 saturated heterocycles. The molecule has 0 spiro atoms. The minimum absolute atomic E-state index is 0.0162. The highest BCUT2D eigenvalue weighted by atomic mass is 35.5. The van der Waals surface area contributed by atoms with Crippen molar-refractivity contribution in [2.45, 2.75) is 11.8 Å². The number of benzene rings is 3. The summed E-state index contributed by atoms with van der Waals surface area (Å²) in [7, 11) is -3.96. The Balaban J connectivity index is 1.67. The summed E-state index contributed by atoms with van der Waals surface area (Å²) in [6, 6.07) is 18.7. The van der Waals surface area contributed by atoms with Crippen molar-refractivity contribution in [3.05, 3.63) is 88.9 Å². The number of ether oxygens (including phenoxy) is 1. The number of anilines is 2. The van der Waals surface area contributed by atoms with Crippen molar-refractivity contribution in [1.29, 1.82) is 0 Å². The predicted molar refractivity (Wildman–Crippen MR) is 119 cm³/mol. The molecule has 0 unspecified atom stereocenters. The van der Waals surface area contributed by atoms with Gasteiger partial charge in [-0.15, -0.1) is 0 Å². The molecule has 0 aliphatic rings. The molecule has 0 aromatic heterocycles. The zero-order chi connectivity index (χ0) is 22.4. The van der Waals surface area contributed by atoms with Crippen molar-refractivity contribution in [2.75, 3.05) is 16.6 Å². The van der Waals surface area contributed by atoms with Gasteiger partial charge in [0.05, 0.1) is 16.1 Å². The number of esters is 1. The molecule has 0 heterocycles. The van der Waals surface area contributed by atoms with Gasteiger partial charge in [0.15, 0.2) is 6.61 Å². The lowest BCUT2D eigenvalue weighted by molar-refractivity contribution is -0.119. The summed E-state index contributed by atoms with van der Waals surface area (Å²) in [4.78, 5) is 24.5. The summed E-state index contributed by atoms with van der Waals surface area (Å²) in [6.07, 6.45) is 0. The van der Waals surface area contributed by atoms with E-state index in [9.17, 15) is 18.0 Å². The number of para-hydroxylation sites is 1. The Kier molecular flexibility index (Phi) is 6.94. The van der Waals surface area contributed by atoms with Gasteiger partial charge in [0.25, 0.3) is 15.9 Å². The molecule has 31 heavy (non-hydrogen) atoms. The van der Waals surface area contributed by atoms with E-state index in [1.54, 1.807) is 24.3 Å². The average molecular weight is 459 g/mol. The fourth-order valence-electron chi connectivity index (χ4n) is 2.61. The minimum atomic E-state index is -3.96. The molecule has 3 rings (SSSR count). The van der Waals surface area contributed by atoms with Gasteiger partial charge in [-0.3, -0.25) is 9.52 Å². The third kappa shape index (κ3) is 6.07. The molecular formula is C22H19ClN2O5S. The van der Waals surface area contributed by atoms with Crippen LogP contribution in [0.15, 0.2) is 77.7 Å². The molecule has 0 atom stereocenters. The molecule has 0 radical (unpaired) electrons. The summed E-state index contributed by atoms with van der Waals surface area (Å²) in [5, 5.41) is 3.01. The number of carbonyl (C=O) groups is 2. The Labute approximate surface area is 185 Å². The lowest BCUT2D eigenvalue weighted by Gasteiger charge is -2.12. The Morgan fingerprint density at radius 1 is 0.935 bits per heavy atom. The second kappa shape index (κ2) is 9.63. The molecule has 9 heteroatoms. The van der Waals surface area contributed by atoms with E-state index < -0.39 is 28.5 Å². The highest BCUT2D eigenvalue weighted by Gasteiger charge is 2.20. The van der Waals surface area contributed by atoms with Crippen LogP contribution in [0.2, 0.25) is 5.02 Å². The highest BCUT2D eigenvalue weighted by Crippen LogP contribution is 2.22. The first-order valence-corrected chi connectivity index (χ1v) is 11.0. The molecule has 0 bridgehead atoms. The Bertz CT molecular complexity index is 1190. The first kappa shape index (κ1) is 22.3. The van der Waals surface area contributed by atoms with Gasteiger partial charge in [-0.25, -0.2) is 13.2 Å². The van der Waals surface area contributed by atoms with Crippen LogP contribution in [0.1, 0.15) is 15.9 Å². The maximum absolute atomic E-state index is 12.6. The van der Waals surface area contributed by atoms with E-state index in [2.05, 4.69) is 10.0 Å².